The second-order valence-electron chi connectivity index (χ2n) is 3.28. The minimum atomic E-state index is -0.527. The summed E-state index contributed by atoms with van der Waals surface area (Å²) in [5.41, 5.74) is 0. The van der Waals surface area contributed by atoms with Crippen molar-refractivity contribution in [3.05, 3.63) is 5.89 Å². The fourth-order valence-corrected chi connectivity index (χ4v) is 1.45. The molecule has 86 valence electrons. The van der Waals surface area contributed by atoms with E-state index in [2.05, 4.69) is 20.8 Å². The van der Waals surface area contributed by atoms with Crippen molar-refractivity contribution in [3.8, 4) is 0 Å². The van der Waals surface area contributed by atoms with Gasteiger partial charge in [-0.05, 0) is 6.42 Å². The summed E-state index contributed by atoms with van der Waals surface area (Å²) in [6, 6.07) is -0.397. The predicted molar refractivity (Wildman–Crippen MR) is 53.6 cm³/mol. The zero-order valence-corrected chi connectivity index (χ0v) is 8.95. The molecule has 1 aromatic heterocycles. The van der Waals surface area contributed by atoms with Crippen molar-refractivity contribution in [3.63, 3.8) is 0 Å². The quantitative estimate of drug-likeness (QED) is 0.575. The number of imide groups is 1. The highest BCUT2D eigenvalue weighted by molar-refractivity contribution is 6.16. The Morgan fingerprint density at radius 3 is 2.94 bits per heavy atom. The van der Waals surface area contributed by atoms with E-state index in [9.17, 15) is 9.59 Å². The molecule has 8 heteroatoms. The maximum atomic E-state index is 11.4. The van der Waals surface area contributed by atoms with Gasteiger partial charge in [0.25, 0.3) is 0 Å². The summed E-state index contributed by atoms with van der Waals surface area (Å²) < 4.78 is 5.08. The molecule has 2 N–H and O–H groups in total. The summed E-state index contributed by atoms with van der Waals surface area (Å²) in [6.07, 6.45) is 0.698. The molecule has 2 rings (SSSR count). The molecule has 0 aromatic carbocycles. The Bertz CT molecular complexity index is 419. The highest BCUT2D eigenvalue weighted by Crippen LogP contribution is 2.13. The molecule has 1 saturated heterocycles. The van der Waals surface area contributed by atoms with E-state index in [1.165, 1.54) is 0 Å². The van der Waals surface area contributed by atoms with Crippen LogP contribution in [0.2, 0.25) is 0 Å². The predicted octanol–water partition coefficient (Wildman–Crippen LogP) is 0.0255. The largest absolute Gasteiger partial charge is 0.407 e. The van der Waals surface area contributed by atoms with Crippen LogP contribution in [-0.2, 0) is 15.5 Å². The van der Waals surface area contributed by atoms with Crippen LogP contribution in [0.15, 0.2) is 4.42 Å². The van der Waals surface area contributed by atoms with Gasteiger partial charge >= 0.3 is 6.01 Å². The number of piperidine rings is 1. The lowest BCUT2D eigenvalue weighted by Gasteiger charge is -2.20. The minimum absolute atomic E-state index is 0.115. The van der Waals surface area contributed by atoms with Crippen LogP contribution in [0.5, 0.6) is 0 Å². The van der Waals surface area contributed by atoms with Gasteiger partial charge in [-0.1, -0.05) is 5.10 Å². The first-order chi connectivity index (χ1) is 7.69. The van der Waals surface area contributed by atoms with Gasteiger partial charge in [-0.2, -0.15) is 0 Å². The molecule has 0 radical (unpaired) electrons. The number of halogens is 1. The first-order valence-corrected chi connectivity index (χ1v) is 5.21. The third-order valence-corrected chi connectivity index (χ3v) is 2.35. The Hall–Kier alpha value is -1.63. The third-order valence-electron chi connectivity index (χ3n) is 2.12. The molecule has 0 aliphatic carbocycles. The van der Waals surface area contributed by atoms with Crippen molar-refractivity contribution < 1.29 is 14.0 Å². The van der Waals surface area contributed by atoms with Crippen molar-refractivity contribution >= 4 is 29.4 Å². The smallest absolute Gasteiger partial charge is 0.316 e. The van der Waals surface area contributed by atoms with Crippen LogP contribution in [0.3, 0.4) is 0 Å². The second kappa shape index (κ2) is 4.48. The van der Waals surface area contributed by atoms with Gasteiger partial charge in [-0.3, -0.25) is 14.9 Å². The van der Waals surface area contributed by atoms with Crippen LogP contribution in [0.25, 0.3) is 0 Å². The lowest BCUT2D eigenvalue weighted by atomic mass is 10.1. The molecule has 0 spiro atoms. The standard InChI is InChI=1S/C8H9ClN4O3/c9-3-6-12-13-8(16-6)10-4-1-2-5(14)11-7(4)15/h4H,1-3H2,(H,10,13)(H,11,14,15). The fourth-order valence-electron chi connectivity index (χ4n) is 1.35. The number of carbonyl (C=O) groups excluding carboxylic acids is 2. The van der Waals surface area contributed by atoms with E-state index >= 15 is 0 Å². The molecule has 0 bridgehead atoms. The van der Waals surface area contributed by atoms with Crippen LogP contribution >= 0.6 is 11.6 Å². The fraction of sp³-hybridized carbons (Fsp3) is 0.500. The number of anilines is 1. The molecule has 16 heavy (non-hydrogen) atoms. The van der Waals surface area contributed by atoms with Gasteiger partial charge < -0.3 is 9.73 Å². The van der Waals surface area contributed by atoms with Crippen LogP contribution in [-0.4, -0.2) is 28.1 Å². The van der Waals surface area contributed by atoms with Crippen molar-refractivity contribution in [1.82, 2.24) is 15.5 Å². The first-order valence-electron chi connectivity index (χ1n) is 4.67. The second-order valence-corrected chi connectivity index (χ2v) is 3.55. The summed E-state index contributed by atoms with van der Waals surface area (Å²) in [4.78, 5) is 22.3. The van der Waals surface area contributed by atoms with Crippen LogP contribution in [0.4, 0.5) is 6.01 Å². The molecule has 1 atom stereocenters. The number of carbonyl (C=O) groups is 2. The molecule has 1 unspecified atom stereocenters. The van der Waals surface area contributed by atoms with Gasteiger partial charge in [0.2, 0.25) is 17.7 Å². The Morgan fingerprint density at radius 1 is 1.50 bits per heavy atom. The monoisotopic (exact) mass is 244 g/mol. The van der Waals surface area contributed by atoms with Crippen molar-refractivity contribution in [1.29, 1.82) is 0 Å². The summed E-state index contributed by atoms with van der Waals surface area (Å²) in [6.45, 7) is 0. The number of nitrogens with one attached hydrogen (secondary N) is 2. The topological polar surface area (TPSA) is 97.1 Å². The molecule has 0 saturated carbocycles. The highest BCUT2D eigenvalue weighted by atomic mass is 35.5. The van der Waals surface area contributed by atoms with Gasteiger partial charge in [-0.15, -0.1) is 16.7 Å². The molecule has 1 aliphatic rings. The lowest BCUT2D eigenvalue weighted by Crippen LogP contribution is -2.47. The van der Waals surface area contributed by atoms with Crippen molar-refractivity contribution in [2.24, 2.45) is 0 Å². The van der Waals surface area contributed by atoms with Crippen LogP contribution in [0.1, 0.15) is 18.7 Å². The molecule has 2 heterocycles. The van der Waals surface area contributed by atoms with E-state index in [1.54, 1.807) is 0 Å². The maximum absolute atomic E-state index is 11.4. The summed E-state index contributed by atoms with van der Waals surface area (Å²) in [5, 5.41) is 12.2. The minimum Gasteiger partial charge on any atom is -0.407 e. The molecule has 1 aliphatic heterocycles. The van der Waals surface area contributed by atoms with Gasteiger partial charge in [0.1, 0.15) is 11.9 Å². The molecular weight excluding hydrogens is 236 g/mol. The average molecular weight is 245 g/mol. The normalized spacial score (nSPS) is 20.7. The van der Waals surface area contributed by atoms with E-state index in [0.717, 1.165) is 0 Å². The number of aromatic nitrogens is 2. The van der Waals surface area contributed by atoms with E-state index in [4.69, 9.17) is 16.0 Å². The van der Waals surface area contributed by atoms with E-state index < -0.39 is 6.04 Å². The van der Waals surface area contributed by atoms with E-state index in [0.29, 0.717) is 12.8 Å². The molecule has 1 fully saturated rings. The van der Waals surface area contributed by atoms with Gasteiger partial charge in [0, 0.05) is 6.42 Å². The van der Waals surface area contributed by atoms with Gasteiger partial charge in [0.15, 0.2) is 0 Å². The number of hydrogen-bond acceptors (Lipinski definition) is 6. The summed E-state index contributed by atoms with van der Waals surface area (Å²) >= 11 is 5.48. The van der Waals surface area contributed by atoms with Gasteiger partial charge in [-0.25, -0.2) is 0 Å². The number of hydrogen-bond donors (Lipinski definition) is 2. The lowest BCUT2D eigenvalue weighted by molar-refractivity contribution is -0.133. The zero-order valence-electron chi connectivity index (χ0n) is 8.20. The van der Waals surface area contributed by atoms with Crippen molar-refractivity contribution in [2.75, 3.05) is 5.32 Å². The van der Waals surface area contributed by atoms with Crippen molar-refractivity contribution in [2.45, 2.75) is 24.8 Å². The Kier molecular flexibility index (Phi) is 3.04. The number of alkyl halides is 1. The van der Waals surface area contributed by atoms with Crippen LogP contribution < -0.4 is 10.6 Å². The molecular formula is C8H9ClN4O3. The molecule has 7 nitrogen and oxygen atoms in total. The number of amides is 2. The summed E-state index contributed by atoms with van der Waals surface area (Å²) in [7, 11) is 0. The highest BCUT2D eigenvalue weighted by Gasteiger charge is 2.27. The molecule has 1 aromatic rings. The van der Waals surface area contributed by atoms with E-state index in [-0.39, 0.29) is 29.6 Å². The number of nitrogens with zero attached hydrogens (tertiary/aromatic N) is 2. The number of rotatable bonds is 3. The summed E-state index contributed by atoms with van der Waals surface area (Å²) in [5.74, 6) is -0.266. The first kappa shape index (κ1) is 10.9. The Labute approximate surface area is 95.5 Å². The zero-order chi connectivity index (χ0) is 11.5. The third kappa shape index (κ3) is 2.30. The Morgan fingerprint density at radius 2 is 2.31 bits per heavy atom. The SMILES string of the molecule is O=C1CCC(Nc2nnc(CCl)o2)C(=O)N1. The van der Waals surface area contributed by atoms with E-state index in [1.807, 2.05) is 0 Å². The molecule has 2 amide bonds. The average Bonchev–Trinajstić information content (AvgIpc) is 2.70. The maximum Gasteiger partial charge on any atom is 0.316 e. The van der Waals surface area contributed by atoms with Gasteiger partial charge in [0.05, 0.1) is 0 Å². The Balaban J connectivity index is 1.99. The van der Waals surface area contributed by atoms with Crippen LogP contribution in [0, 0.1) is 0 Å².